The second-order valence-electron chi connectivity index (χ2n) is 3.64. The van der Waals surface area contributed by atoms with Gasteiger partial charge >= 0.3 is 0 Å². The third-order valence-electron chi connectivity index (χ3n) is 2.31. The third kappa shape index (κ3) is 3.32. The Labute approximate surface area is 109 Å². The molecule has 0 aliphatic heterocycles. The second-order valence-corrected chi connectivity index (χ2v) is 5.44. The number of aryl methyl sites for hydroxylation is 1. The molecule has 17 heavy (non-hydrogen) atoms. The van der Waals surface area contributed by atoms with E-state index in [0.717, 1.165) is 29.7 Å². The predicted octanol–water partition coefficient (Wildman–Crippen LogP) is 2.31. The van der Waals surface area contributed by atoms with Crippen molar-refractivity contribution in [2.75, 3.05) is 20.3 Å². The van der Waals surface area contributed by atoms with Crippen LogP contribution in [0.2, 0.25) is 0 Å². The number of nitrogens with zero attached hydrogens (tertiary/aromatic N) is 2. The summed E-state index contributed by atoms with van der Waals surface area (Å²) < 4.78 is 4.97. The molecule has 0 saturated carbocycles. The third-order valence-corrected chi connectivity index (χ3v) is 4.13. The molecule has 0 amide bonds. The van der Waals surface area contributed by atoms with Crippen LogP contribution in [0.5, 0.6) is 0 Å². The Morgan fingerprint density at radius 2 is 2.24 bits per heavy atom. The van der Waals surface area contributed by atoms with Gasteiger partial charge in [0, 0.05) is 31.1 Å². The van der Waals surface area contributed by atoms with Gasteiger partial charge in [-0.25, -0.2) is 0 Å². The number of hydrogen-bond acceptors (Lipinski definition) is 6. The lowest BCUT2D eigenvalue weighted by molar-refractivity contribution is 0.199. The molecule has 0 saturated heterocycles. The lowest BCUT2D eigenvalue weighted by Crippen LogP contribution is -2.18. The number of nitrogens with one attached hydrogen (secondary N) is 1. The van der Waals surface area contributed by atoms with Gasteiger partial charge in [0.05, 0.1) is 6.61 Å². The minimum atomic E-state index is 0.718. The number of rotatable bonds is 6. The molecule has 0 spiro atoms. The van der Waals surface area contributed by atoms with Gasteiger partial charge in [0.15, 0.2) is 0 Å². The van der Waals surface area contributed by atoms with Gasteiger partial charge in [-0.1, -0.05) is 11.3 Å². The number of hydrogen-bond donors (Lipinski definition) is 1. The summed E-state index contributed by atoms with van der Waals surface area (Å²) in [5.41, 5.74) is 2.47. The van der Waals surface area contributed by atoms with Gasteiger partial charge < -0.3 is 10.1 Å². The number of thiophene rings is 1. The molecule has 0 aromatic carbocycles. The van der Waals surface area contributed by atoms with Gasteiger partial charge in [-0.05, 0) is 17.9 Å². The molecule has 1 N–H and O–H groups in total. The van der Waals surface area contributed by atoms with Crippen molar-refractivity contribution in [2.24, 2.45) is 0 Å². The van der Waals surface area contributed by atoms with Crippen LogP contribution in [0.25, 0.3) is 10.6 Å². The molecule has 2 aromatic rings. The van der Waals surface area contributed by atoms with E-state index in [9.17, 15) is 0 Å². The first-order chi connectivity index (χ1) is 8.31. The summed E-state index contributed by atoms with van der Waals surface area (Å²) >= 11 is 3.35. The zero-order valence-corrected chi connectivity index (χ0v) is 11.5. The first-order valence-electron chi connectivity index (χ1n) is 5.36. The van der Waals surface area contributed by atoms with Crippen molar-refractivity contribution < 1.29 is 4.74 Å². The molecule has 2 heterocycles. The van der Waals surface area contributed by atoms with E-state index in [4.69, 9.17) is 4.74 Å². The first kappa shape index (κ1) is 12.6. The Bertz CT molecular complexity index is 467. The lowest BCUT2D eigenvalue weighted by Gasteiger charge is -1.99. The van der Waals surface area contributed by atoms with Crippen molar-refractivity contribution in [3.05, 3.63) is 21.3 Å². The van der Waals surface area contributed by atoms with E-state index < -0.39 is 0 Å². The molecule has 0 unspecified atom stereocenters. The molecule has 0 aliphatic carbocycles. The van der Waals surface area contributed by atoms with E-state index >= 15 is 0 Å². The highest BCUT2D eigenvalue weighted by atomic mass is 32.1. The fraction of sp³-hybridized carbons (Fsp3) is 0.455. The molecular formula is C11H15N3OS2. The fourth-order valence-electron chi connectivity index (χ4n) is 1.38. The van der Waals surface area contributed by atoms with Gasteiger partial charge in [-0.2, -0.15) is 11.3 Å². The Kier molecular flexibility index (Phi) is 4.61. The van der Waals surface area contributed by atoms with Crippen molar-refractivity contribution in [1.29, 1.82) is 0 Å². The Hall–Kier alpha value is -0.820. The van der Waals surface area contributed by atoms with E-state index in [1.807, 2.05) is 0 Å². The van der Waals surface area contributed by atoms with E-state index in [0.29, 0.717) is 0 Å². The molecule has 0 atom stereocenters. The molecule has 6 heteroatoms. The summed E-state index contributed by atoms with van der Waals surface area (Å²) in [4.78, 5) is 0. The summed E-state index contributed by atoms with van der Waals surface area (Å²) in [5.74, 6) is 0. The van der Waals surface area contributed by atoms with Crippen LogP contribution in [0.1, 0.15) is 10.6 Å². The highest BCUT2D eigenvalue weighted by Crippen LogP contribution is 2.29. The van der Waals surface area contributed by atoms with Crippen LogP contribution in [0.4, 0.5) is 0 Å². The monoisotopic (exact) mass is 269 g/mol. The van der Waals surface area contributed by atoms with Crippen LogP contribution >= 0.6 is 22.7 Å². The maximum absolute atomic E-state index is 4.97. The molecule has 92 valence electrons. The summed E-state index contributed by atoms with van der Waals surface area (Å²) in [6.07, 6.45) is 0. The average molecular weight is 269 g/mol. The Balaban J connectivity index is 1.95. The van der Waals surface area contributed by atoms with Crippen LogP contribution in [-0.2, 0) is 11.3 Å². The molecule has 2 rings (SSSR count). The van der Waals surface area contributed by atoms with Crippen LogP contribution in [0.3, 0.4) is 0 Å². The predicted molar refractivity (Wildman–Crippen MR) is 71.5 cm³/mol. The smallest absolute Gasteiger partial charge is 0.148 e. The van der Waals surface area contributed by atoms with Crippen molar-refractivity contribution >= 4 is 22.7 Å². The molecule has 0 bridgehead atoms. The normalized spacial score (nSPS) is 10.9. The quantitative estimate of drug-likeness (QED) is 0.818. The summed E-state index contributed by atoms with van der Waals surface area (Å²) in [6.45, 7) is 4.41. The van der Waals surface area contributed by atoms with Gasteiger partial charge in [0.1, 0.15) is 10.0 Å². The van der Waals surface area contributed by atoms with Gasteiger partial charge in [0.25, 0.3) is 0 Å². The van der Waals surface area contributed by atoms with Crippen LogP contribution in [0, 0.1) is 6.92 Å². The Morgan fingerprint density at radius 1 is 1.35 bits per heavy atom. The molecule has 4 nitrogen and oxygen atoms in total. The topological polar surface area (TPSA) is 47.0 Å². The fourth-order valence-corrected chi connectivity index (χ4v) is 3.18. The van der Waals surface area contributed by atoms with Gasteiger partial charge in [-0.3, -0.25) is 0 Å². The Morgan fingerprint density at radius 3 is 2.94 bits per heavy atom. The minimum absolute atomic E-state index is 0.718. The van der Waals surface area contributed by atoms with Gasteiger partial charge in [0.2, 0.25) is 0 Å². The van der Waals surface area contributed by atoms with Crippen LogP contribution < -0.4 is 5.32 Å². The standard InChI is InChI=1S/C11H15N3OS2/c1-8-6-16-7-9(8)11-14-13-10(17-11)5-12-3-4-15-2/h6-7,12H,3-5H2,1-2H3. The lowest BCUT2D eigenvalue weighted by atomic mass is 10.2. The largest absolute Gasteiger partial charge is 0.383 e. The number of methoxy groups -OCH3 is 1. The number of ether oxygens (including phenoxy) is 1. The molecule has 0 aliphatic rings. The molecule has 0 radical (unpaired) electrons. The minimum Gasteiger partial charge on any atom is -0.383 e. The van der Waals surface area contributed by atoms with Crippen LogP contribution in [0.15, 0.2) is 10.8 Å². The van der Waals surface area contributed by atoms with Crippen molar-refractivity contribution in [2.45, 2.75) is 13.5 Å². The van der Waals surface area contributed by atoms with E-state index in [1.54, 1.807) is 29.8 Å². The number of aromatic nitrogens is 2. The van der Waals surface area contributed by atoms with Crippen molar-refractivity contribution in [3.8, 4) is 10.6 Å². The maximum Gasteiger partial charge on any atom is 0.148 e. The van der Waals surface area contributed by atoms with Crippen molar-refractivity contribution in [1.82, 2.24) is 15.5 Å². The highest BCUT2D eigenvalue weighted by Gasteiger charge is 2.09. The van der Waals surface area contributed by atoms with Crippen molar-refractivity contribution in [3.63, 3.8) is 0 Å². The van der Waals surface area contributed by atoms with E-state index in [2.05, 4.69) is 33.2 Å². The van der Waals surface area contributed by atoms with Gasteiger partial charge in [-0.15, -0.1) is 10.2 Å². The van der Waals surface area contributed by atoms with E-state index in [1.165, 1.54) is 11.1 Å². The summed E-state index contributed by atoms with van der Waals surface area (Å²) in [7, 11) is 1.70. The zero-order valence-electron chi connectivity index (χ0n) is 9.90. The first-order valence-corrected chi connectivity index (χ1v) is 7.12. The maximum atomic E-state index is 4.97. The molecule has 2 aromatic heterocycles. The van der Waals surface area contributed by atoms with Crippen LogP contribution in [-0.4, -0.2) is 30.5 Å². The summed E-state index contributed by atoms with van der Waals surface area (Å²) in [5, 5.41) is 17.9. The summed E-state index contributed by atoms with van der Waals surface area (Å²) in [6, 6.07) is 0. The SMILES string of the molecule is COCCNCc1nnc(-c2cscc2C)s1. The zero-order chi connectivity index (χ0) is 12.1. The average Bonchev–Trinajstić information content (AvgIpc) is 2.93. The highest BCUT2D eigenvalue weighted by molar-refractivity contribution is 7.15. The second kappa shape index (κ2) is 6.20. The molecular weight excluding hydrogens is 254 g/mol. The molecule has 0 fully saturated rings. The van der Waals surface area contributed by atoms with E-state index in [-0.39, 0.29) is 0 Å².